The van der Waals surface area contributed by atoms with Crippen molar-refractivity contribution in [2.24, 2.45) is 0 Å². The van der Waals surface area contributed by atoms with Gasteiger partial charge in [0, 0.05) is 16.9 Å². The molecule has 0 aliphatic carbocycles. The zero-order chi connectivity index (χ0) is 17.5. The molecular formula is C18H18N2O4. The average Bonchev–Trinajstić information content (AvgIpc) is 2.54. The summed E-state index contributed by atoms with van der Waals surface area (Å²) in [6, 6.07) is 13.9. The fraction of sp³-hybridized carbons (Fsp3) is 0.167. The molecule has 0 aliphatic heterocycles. The minimum absolute atomic E-state index is 0.287. The highest BCUT2D eigenvalue weighted by Crippen LogP contribution is 2.15. The van der Waals surface area contributed by atoms with Crippen molar-refractivity contribution in [2.75, 3.05) is 17.7 Å². The third-order valence-electron chi connectivity index (χ3n) is 3.22. The largest absolute Gasteiger partial charge is 0.469 e. The van der Waals surface area contributed by atoms with Crippen LogP contribution in [-0.2, 0) is 14.3 Å². The van der Waals surface area contributed by atoms with E-state index in [4.69, 9.17) is 0 Å². The number of amides is 2. The Labute approximate surface area is 139 Å². The van der Waals surface area contributed by atoms with E-state index in [9.17, 15) is 14.4 Å². The first-order chi connectivity index (χ1) is 11.5. The number of rotatable bonds is 5. The smallest absolute Gasteiger partial charge is 0.315 e. The molecule has 0 radical (unpaired) electrons. The van der Waals surface area contributed by atoms with Crippen molar-refractivity contribution in [2.45, 2.75) is 13.3 Å². The summed E-state index contributed by atoms with van der Waals surface area (Å²) in [5.74, 6) is -1.41. The summed E-state index contributed by atoms with van der Waals surface area (Å²) < 4.78 is 4.43. The lowest BCUT2D eigenvalue weighted by Crippen LogP contribution is -2.18. The molecule has 2 rings (SSSR count). The number of carbonyl (C=O) groups is 3. The molecule has 6 nitrogen and oxygen atoms in total. The van der Waals surface area contributed by atoms with Gasteiger partial charge in [0.1, 0.15) is 6.42 Å². The SMILES string of the molecule is COC(=O)CC(=O)Nc1cccc(C(=O)Nc2cccc(C)c2)c1. The predicted molar refractivity (Wildman–Crippen MR) is 90.8 cm³/mol. The van der Waals surface area contributed by atoms with Crippen molar-refractivity contribution in [1.29, 1.82) is 0 Å². The highest BCUT2D eigenvalue weighted by Gasteiger charge is 2.11. The molecule has 0 saturated heterocycles. The number of hydrogen-bond acceptors (Lipinski definition) is 4. The van der Waals surface area contributed by atoms with Crippen molar-refractivity contribution in [3.8, 4) is 0 Å². The van der Waals surface area contributed by atoms with Crippen molar-refractivity contribution in [3.63, 3.8) is 0 Å². The Morgan fingerprint density at radius 1 is 0.958 bits per heavy atom. The minimum atomic E-state index is -0.624. The fourth-order valence-electron chi connectivity index (χ4n) is 2.07. The lowest BCUT2D eigenvalue weighted by Gasteiger charge is -2.08. The Hall–Kier alpha value is -3.15. The van der Waals surface area contributed by atoms with Crippen molar-refractivity contribution >= 4 is 29.2 Å². The minimum Gasteiger partial charge on any atom is -0.469 e. The molecule has 2 aromatic carbocycles. The summed E-state index contributed by atoms with van der Waals surface area (Å²) >= 11 is 0. The van der Waals surface area contributed by atoms with Gasteiger partial charge in [0.2, 0.25) is 5.91 Å². The number of anilines is 2. The molecule has 0 unspecified atom stereocenters. The van der Waals surface area contributed by atoms with Crippen LogP contribution in [0.4, 0.5) is 11.4 Å². The van der Waals surface area contributed by atoms with Crippen LogP contribution in [0.2, 0.25) is 0 Å². The second-order valence-corrected chi connectivity index (χ2v) is 5.21. The van der Waals surface area contributed by atoms with E-state index in [2.05, 4.69) is 15.4 Å². The van der Waals surface area contributed by atoms with Crippen molar-refractivity contribution in [1.82, 2.24) is 0 Å². The summed E-state index contributed by atoms with van der Waals surface area (Å²) in [5, 5.41) is 5.35. The number of hydrogen-bond donors (Lipinski definition) is 2. The normalized spacial score (nSPS) is 9.92. The molecule has 0 aliphatic rings. The van der Waals surface area contributed by atoms with E-state index in [0.29, 0.717) is 16.9 Å². The van der Waals surface area contributed by atoms with Gasteiger partial charge in [-0.3, -0.25) is 14.4 Å². The molecule has 24 heavy (non-hydrogen) atoms. The van der Waals surface area contributed by atoms with Crippen LogP contribution >= 0.6 is 0 Å². The van der Waals surface area contributed by atoms with E-state index in [1.54, 1.807) is 30.3 Å². The van der Waals surface area contributed by atoms with Crippen LogP contribution < -0.4 is 10.6 Å². The summed E-state index contributed by atoms with van der Waals surface area (Å²) in [6.45, 7) is 1.94. The second-order valence-electron chi connectivity index (χ2n) is 5.21. The number of methoxy groups -OCH3 is 1. The number of nitrogens with one attached hydrogen (secondary N) is 2. The molecule has 124 valence electrons. The summed E-state index contributed by atoms with van der Waals surface area (Å²) in [7, 11) is 1.21. The first kappa shape index (κ1) is 17.2. The third kappa shape index (κ3) is 4.95. The quantitative estimate of drug-likeness (QED) is 0.653. The molecule has 0 heterocycles. The number of esters is 1. The topological polar surface area (TPSA) is 84.5 Å². The highest BCUT2D eigenvalue weighted by atomic mass is 16.5. The molecule has 2 N–H and O–H groups in total. The zero-order valence-electron chi connectivity index (χ0n) is 13.5. The Morgan fingerprint density at radius 2 is 1.62 bits per heavy atom. The molecule has 2 amide bonds. The van der Waals surface area contributed by atoms with Crippen LogP contribution in [0.3, 0.4) is 0 Å². The van der Waals surface area contributed by atoms with Gasteiger partial charge in [-0.05, 0) is 42.8 Å². The van der Waals surface area contributed by atoms with Gasteiger partial charge in [-0.2, -0.15) is 0 Å². The van der Waals surface area contributed by atoms with Gasteiger partial charge in [-0.1, -0.05) is 18.2 Å². The first-order valence-electron chi connectivity index (χ1n) is 7.32. The molecule has 0 spiro atoms. The van der Waals surface area contributed by atoms with E-state index in [-0.39, 0.29) is 12.3 Å². The van der Waals surface area contributed by atoms with Gasteiger partial charge in [0.05, 0.1) is 7.11 Å². The molecule has 0 bridgehead atoms. The lowest BCUT2D eigenvalue weighted by atomic mass is 10.1. The summed E-state index contributed by atoms with van der Waals surface area (Å²) in [4.78, 5) is 35.0. The Morgan fingerprint density at radius 3 is 2.29 bits per heavy atom. The molecule has 2 aromatic rings. The monoisotopic (exact) mass is 326 g/mol. The predicted octanol–water partition coefficient (Wildman–Crippen LogP) is 2.75. The van der Waals surface area contributed by atoms with Crippen LogP contribution in [0.25, 0.3) is 0 Å². The zero-order valence-corrected chi connectivity index (χ0v) is 13.5. The van der Waals surface area contributed by atoms with E-state index < -0.39 is 11.9 Å². The Balaban J connectivity index is 2.05. The molecule has 0 saturated carbocycles. The lowest BCUT2D eigenvalue weighted by molar-refractivity contribution is -0.142. The first-order valence-corrected chi connectivity index (χ1v) is 7.32. The second kappa shape index (κ2) is 7.92. The van der Waals surface area contributed by atoms with E-state index >= 15 is 0 Å². The molecular weight excluding hydrogens is 308 g/mol. The number of ether oxygens (including phenoxy) is 1. The van der Waals surface area contributed by atoms with Gasteiger partial charge in [0.25, 0.3) is 5.91 Å². The standard InChI is InChI=1S/C18H18N2O4/c1-12-5-3-7-14(9-12)20-18(23)13-6-4-8-15(10-13)19-16(21)11-17(22)24-2/h3-10H,11H2,1-2H3,(H,19,21)(H,20,23). The Bertz CT molecular complexity index is 771. The Kier molecular flexibility index (Phi) is 5.68. The maximum atomic E-state index is 12.3. The number of aryl methyl sites for hydroxylation is 1. The maximum absolute atomic E-state index is 12.3. The fourth-order valence-corrected chi connectivity index (χ4v) is 2.07. The van der Waals surface area contributed by atoms with Crippen LogP contribution in [0.1, 0.15) is 22.3 Å². The van der Waals surface area contributed by atoms with Crippen molar-refractivity contribution < 1.29 is 19.1 Å². The molecule has 0 atom stereocenters. The number of carbonyl (C=O) groups excluding carboxylic acids is 3. The van der Waals surface area contributed by atoms with Gasteiger partial charge < -0.3 is 15.4 Å². The van der Waals surface area contributed by atoms with E-state index in [1.165, 1.54) is 7.11 Å². The van der Waals surface area contributed by atoms with Gasteiger partial charge in [-0.15, -0.1) is 0 Å². The van der Waals surface area contributed by atoms with Crippen LogP contribution in [-0.4, -0.2) is 24.9 Å². The molecule has 0 aromatic heterocycles. The van der Waals surface area contributed by atoms with Crippen LogP contribution in [0, 0.1) is 6.92 Å². The highest BCUT2D eigenvalue weighted by molar-refractivity contribution is 6.06. The summed E-state index contributed by atoms with van der Waals surface area (Å²) in [6.07, 6.45) is -0.379. The van der Waals surface area contributed by atoms with Gasteiger partial charge >= 0.3 is 5.97 Å². The number of benzene rings is 2. The van der Waals surface area contributed by atoms with Crippen molar-refractivity contribution in [3.05, 3.63) is 59.7 Å². The van der Waals surface area contributed by atoms with Crippen LogP contribution in [0.5, 0.6) is 0 Å². The van der Waals surface area contributed by atoms with E-state index in [0.717, 1.165) is 5.56 Å². The van der Waals surface area contributed by atoms with Gasteiger partial charge in [0.15, 0.2) is 0 Å². The van der Waals surface area contributed by atoms with Gasteiger partial charge in [-0.25, -0.2) is 0 Å². The average molecular weight is 326 g/mol. The molecule has 0 fully saturated rings. The molecule has 6 heteroatoms. The summed E-state index contributed by atoms with van der Waals surface area (Å²) in [5.41, 5.74) is 2.56. The van der Waals surface area contributed by atoms with Crippen LogP contribution in [0.15, 0.2) is 48.5 Å². The third-order valence-corrected chi connectivity index (χ3v) is 3.22. The maximum Gasteiger partial charge on any atom is 0.315 e. The van der Waals surface area contributed by atoms with E-state index in [1.807, 2.05) is 25.1 Å².